The minimum Gasteiger partial charge on any atom is -0.330 e. The van der Waals surface area contributed by atoms with Gasteiger partial charge in [-0.2, -0.15) is 0 Å². The van der Waals surface area contributed by atoms with E-state index in [1.54, 1.807) is 0 Å². The van der Waals surface area contributed by atoms with Gasteiger partial charge in [-0.25, -0.2) is 0 Å². The maximum atomic E-state index is 5.78. The Labute approximate surface area is 119 Å². The molecule has 0 saturated heterocycles. The molecule has 102 valence electrons. The molecule has 0 aromatic heterocycles. The SMILES string of the molecule is CC(Cc1ccc(Br)cc1)NCC(CN)C(C)C. The van der Waals surface area contributed by atoms with Gasteiger partial charge in [0.25, 0.3) is 0 Å². The number of rotatable bonds is 7. The normalized spacial score (nSPS) is 14.8. The molecular weight excluding hydrogens is 288 g/mol. The molecular formula is C15H25BrN2. The third kappa shape index (κ3) is 5.51. The van der Waals surface area contributed by atoms with Crippen LogP contribution < -0.4 is 11.1 Å². The summed E-state index contributed by atoms with van der Waals surface area (Å²) in [4.78, 5) is 0. The van der Waals surface area contributed by atoms with Gasteiger partial charge < -0.3 is 11.1 Å². The van der Waals surface area contributed by atoms with E-state index >= 15 is 0 Å². The van der Waals surface area contributed by atoms with Gasteiger partial charge in [-0.15, -0.1) is 0 Å². The van der Waals surface area contributed by atoms with Crippen LogP contribution in [0.4, 0.5) is 0 Å². The minimum atomic E-state index is 0.485. The lowest BCUT2D eigenvalue weighted by Crippen LogP contribution is -2.37. The van der Waals surface area contributed by atoms with Crippen molar-refractivity contribution in [2.45, 2.75) is 33.2 Å². The molecule has 0 fully saturated rings. The zero-order chi connectivity index (χ0) is 13.5. The molecule has 1 aromatic carbocycles. The van der Waals surface area contributed by atoms with Gasteiger partial charge in [-0.05, 0) is 56.0 Å². The van der Waals surface area contributed by atoms with E-state index in [1.807, 2.05) is 0 Å². The lowest BCUT2D eigenvalue weighted by atomic mass is 9.95. The highest BCUT2D eigenvalue weighted by Crippen LogP contribution is 2.12. The number of halogens is 1. The van der Waals surface area contributed by atoms with Crippen molar-refractivity contribution in [2.24, 2.45) is 17.6 Å². The zero-order valence-electron chi connectivity index (χ0n) is 11.6. The van der Waals surface area contributed by atoms with Gasteiger partial charge in [0.2, 0.25) is 0 Å². The molecule has 18 heavy (non-hydrogen) atoms. The highest BCUT2D eigenvalue weighted by atomic mass is 79.9. The second-order valence-corrected chi connectivity index (χ2v) is 6.30. The fourth-order valence-corrected chi connectivity index (χ4v) is 2.25. The van der Waals surface area contributed by atoms with Crippen molar-refractivity contribution < 1.29 is 0 Å². The predicted molar refractivity (Wildman–Crippen MR) is 82.7 cm³/mol. The van der Waals surface area contributed by atoms with Crippen molar-refractivity contribution in [2.75, 3.05) is 13.1 Å². The van der Waals surface area contributed by atoms with Crippen molar-refractivity contribution in [3.8, 4) is 0 Å². The van der Waals surface area contributed by atoms with Crippen molar-refractivity contribution >= 4 is 15.9 Å². The first kappa shape index (κ1) is 15.7. The molecule has 0 heterocycles. The van der Waals surface area contributed by atoms with Crippen molar-refractivity contribution in [3.63, 3.8) is 0 Å². The Hall–Kier alpha value is -0.380. The molecule has 3 N–H and O–H groups in total. The molecule has 3 heteroatoms. The highest BCUT2D eigenvalue weighted by molar-refractivity contribution is 9.10. The maximum Gasteiger partial charge on any atom is 0.0175 e. The fourth-order valence-electron chi connectivity index (χ4n) is 1.99. The smallest absolute Gasteiger partial charge is 0.0175 e. The van der Waals surface area contributed by atoms with Crippen molar-refractivity contribution in [1.82, 2.24) is 5.32 Å². The predicted octanol–water partition coefficient (Wildman–Crippen LogP) is 3.20. The molecule has 0 aliphatic heterocycles. The van der Waals surface area contributed by atoms with E-state index in [0.29, 0.717) is 17.9 Å². The molecule has 2 atom stereocenters. The number of benzene rings is 1. The molecule has 0 saturated carbocycles. The summed E-state index contributed by atoms with van der Waals surface area (Å²) < 4.78 is 1.13. The largest absolute Gasteiger partial charge is 0.330 e. The van der Waals surface area contributed by atoms with E-state index in [4.69, 9.17) is 5.73 Å². The lowest BCUT2D eigenvalue weighted by Gasteiger charge is -2.22. The first-order valence-corrected chi connectivity index (χ1v) is 7.50. The van der Waals surface area contributed by atoms with Crippen LogP contribution in [0.25, 0.3) is 0 Å². The average molecular weight is 313 g/mol. The summed E-state index contributed by atoms with van der Waals surface area (Å²) in [6, 6.07) is 9.02. The molecule has 2 unspecified atom stereocenters. The molecule has 0 spiro atoms. The summed E-state index contributed by atoms with van der Waals surface area (Å²) in [7, 11) is 0. The van der Waals surface area contributed by atoms with Crippen LogP contribution in [-0.4, -0.2) is 19.1 Å². The van der Waals surface area contributed by atoms with Crippen LogP contribution in [0.1, 0.15) is 26.3 Å². The van der Waals surface area contributed by atoms with Crippen LogP contribution in [0.15, 0.2) is 28.7 Å². The third-order valence-corrected chi connectivity index (χ3v) is 3.96. The third-order valence-electron chi connectivity index (χ3n) is 3.43. The number of nitrogens with two attached hydrogens (primary N) is 1. The quantitative estimate of drug-likeness (QED) is 0.811. The molecule has 0 bridgehead atoms. The zero-order valence-corrected chi connectivity index (χ0v) is 13.2. The Morgan fingerprint density at radius 1 is 1.17 bits per heavy atom. The molecule has 2 nitrogen and oxygen atoms in total. The fraction of sp³-hybridized carbons (Fsp3) is 0.600. The molecule has 1 aromatic rings. The van der Waals surface area contributed by atoms with Gasteiger partial charge >= 0.3 is 0 Å². The summed E-state index contributed by atoms with van der Waals surface area (Å²) in [5.74, 6) is 1.21. The first-order chi connectivity index (χ1) is 8.52. The van der Waals surface area contributed by atoms with E-state index in [0.717, 1.165) is 24.0 Å². The van der Waals surface area contributed by atoms with Gasteiger partial charge in [-0.1, -0.05) is 41.9 Å². The summed E-state index contributed by atoms with van der Waals surface area (Å²) in [5, 5.41) is 3.59. The molecule has 0 aliphatic carbocycles. The molecule has 0 aliphatic rings. The molecule has 1 rings (SSSR count). The van der Waals surface area contributed by atoms with E-state index in [2.05, 4.69) is 66.3 Å². The Bertz CT molecular complexity index is 335. The van der Waals surface area contributed by atoms with Gasteiger partial charge in [0.05, 0.1) is 0 Å². The Balaban J connectivity index is 2.37. The summed E-state index contributed by atoms with van der Waals surface area (Å²) in [6.07, 6.45) is 1.06. The van der Waals surface area contributed by atoms with Crippen LogP contribution in [0.2, 0.25) is 0 Å². The monoisotopic (exact) mass is 312 g/mol. The second-order valence-electron chi connectivity index (χ2n) is 5.38. The topological polar surface area (TPSA) is 38.0 Å². The summed E-state index contributed by atoms with van der Waals surface area (Å²) >= 11 is 3.46. The first-order valence-electron chi connectivity index (χ1n) is 6.70. The number of hydrogen-bond donors (Lipinski definition) is 2. The molecule has 0 radical (unpaired) electrons. The summed E-state index contributed by atoms with van der Waals surface area (Å²) in [6.45, 7) is 8.47. The average Bonchev–Trinajstić information content (AvgIpc) is 2.32. The van der Waals surface area contributed by atoms with Crippen LogP contribution >= 0.6 is 15.9 Å². The second kappa shape index (κ2) is 7.93. The van der Waals surface area contributed by atoms with Gasteiger partial charge in [0.1, 0.15) is 0 Å². The van der Waals surface area contributed by atoms with Crippen molar-refractivity contribution in [1.29, 1.82) is 0 Å². The minimum absolute atomic E-state index is 0.485. The van der Waals surface area contributed by atoms with Crippen LogP contribution in [0.5, 0.6) is 0 Å². The van der Waals surface area contributed by atoms with E-state index in [-0.39, 0.29) is 0 Å². The maximum absolute atomic E-state index is 5.78. The van der Waals surface area contributed by atoms with Gasteiger partial charge in [0, 0.05) is 10.5 Å². The molecule has 0 amide bonds. The Morgan fingerprint density at radius 3 is 2.28 bits per heavy atom. The standard InChI is InChI=1S/C15H25BrN2/c1-11(2)14(9-17)10-18-12(3)8-13-4-6-15(16)7-5-13/h4-7,11-12,14,18H,8-10,17H2,1-3H3. The lowest BCUT2D eigenvalue weighted by molar-refractivity contribution is 0.354. The van der Waals surface area contributed by atoms with Crippen molar-refractivity contribution in [3.05, 3.63) is 34.3 Å². The van der Waals surface area contributed by atoms with Crippen LogP contribution in [0.3, 0.4) is 0 Å². The number of nitrogens with one attached hydrogen (secondary N) is 1. The Kier molecular flexibility index (Phi) is 6.90. The summed E-state index contributed by atoms with van der Waals surface area (Å²) in [5.41, 5.74) is 7.15. The van der Waals surface area contributed by atoms with Gasteiger partial charge in [-0.3, -0.25) is 0 Å². The van der Waals surface area contributed by atoms with E-state index in [1.165, 1.54) is 5.56 Å². The van der Waals surface area contributed by atoms with E-state index < -0.39 is 0 Å². The van der Waals surface area contributed by atoms with Crippen LogP contribution in [0, 0.1) is 11.8 Å². The Morgan fingerprint density at radius 2 is 1.78 bits per heavy atom. The van der Waals surface area contributed by atoms with E-state index in [9.17, 15) is 0 Å². The van der Waals surface area contributed by atoms with Crippen LogP contribution in [-0.2, 0) is 6.42 Å². The number of hydrogen-bond acceptors (Lipinski definition) is 2. The highest BCUT2D eigenvalue weighted by Gasteiger charge is 2.12. The van der Waals surface area contributed by atoms with Gasteiger partial charge in [0.15, 0.2) is 0 Å².